The lowest BCUT2D eigenvalue weighted by molar-refractivity contribution is -0.162. The highest BCUT2D eigenvalue weighted by Gasteiger charge is 2.28. The van der Waals surface area contributed by atoms with E-state index < -0.39 is 18.0 Å². The number of ether oxygens (including phenoxy) is 1. The Morgan fingerprint density at radius 1 is 1.14 bits per heavy atom. The average molecular weight is 385 g/mol. The minimum atomic E-state index is -0.831. The number of allylic oxidation sites excluding steroid dienone is 1. The van der Waals surface area contributed by atoms with E-state index in [1.807, 2.05) is 45.9 Å². The molecule has 0 aliphatic carbocycles. The third kappa shape index (κ3) is 7.82. The summed E-state index contributed by atoms with van der Waals surface area (Å²) in [5, 5.41) is 6.14. The van der Waals surface area contributed by atoms with Gasteiger partial charge in [-0.3, -0.25) is 4.79 Å². The molecular weight excluding hydrogens is 352 g/mol. The highest BCUT2D eigenvalue weighted by molar-refractivity contribution is 5.89. The molecule has 1 atom stereocenters. The van der Waals surface area contributed by atoms with Gasteiger partial charge in [0.2, 0.25) is 0 Å². The topological polar surface area (TPSA) is 67.4 Å². The van der Waals surface area contributed by atoms with E-state index >= 15 is 0 Å². The Balaban J connectivity index is 2.84. The second-order valence-corrected chi connectivity index (χ2v) is 7.69. The second-order valence-electron chi connectivity index (χ2n) is 7.69. The predicted octanol–water partition coefficient (Wildman–Crippen LogP) is 4.41. The van der Waals surface area contributed by atoms with Crippen molar-refractivity contribution in [1.29, 1.82) is 0 Å². The van der Waals surface area contributed by atoms with Gasteiger partial charge in [0.1, 0.15) is 0 Å². The van der Waals surface area contributed by atoms with Gasteiger partial charge in [-0.15, -0.1) is 0 Å². The lowest BCUT2D eigenvalue weighted by atomic mass is 9.87. The minimum Gasteiger partial charge on any atom is -0.391 e. The zero-order valence-corrected chi connectivity index (χ0v) is 17.4. The normalized spacial score (nSPS) is 11.9. The summed E-state index contributed by atoms with van der Waals surface area (Å²) in [5.74, 6) is -1.18. The van der Waals surface area contributed by atoms with Crippen LogP contribution in [0.3, 0.4) is 0 Å². The maximum absolute atomic E-state index is 12.7. The fraction of sp³-hybridized carbons (Fsp3) is 0.391. The summed E-state index contributed by atoms with van der Waals surface area (Å²) in [5.41, 5.74) is 2.54. The summed E-state index contributed by atoms with van der Waals surface area (Å²) >= 11 is 0. The van der Waals surface area contributed by atoms with Crippen molar-refractivity contribution < 1.29 is 14.3 Å². The number of nitrogens with one attached hydrogen (secondary N) is 2. The number of benzene rings is 1. The Morgan fingerprint density at radius 3 is 2.29 bits per heavy atom. The van der Waals surface area contributed by atoms with Crippen molar-refractivity contribution in [3.8, 4) is 0 Å². The number of hydrogen-bond acceptors (Lipinski definition) is 5. The standard InChI is InChI=1S/C23H32N2O3/c1-8-23(6,7)14-20(26)28-22(27)21(19-12-10-9-11-13-19)25-17(4)15-24-18(5)16(2)3/h9-13,21,24-25H,2,4-5,8,14-15H2,1,3,6-7H3. The number of rotatable bonds is 11. The molecule has 28 heavy (non-hydrogen) atoms. The summed E-state index contributed by atoms with van der Waals surface area (Å²) in [6.45, 7) is 19.8. The molecular formula is C23H32N2O3. The predicted molar refractivity (Wildman–Crippen MR) is 113 cm³/mol. The fourth-order valence-electron chi connectivity index (χ4n) is 2.27. The summed E-state index contributed by atoms with van der Waals surface area (Å²) in [4.78, 5) is 24.9. The Morgan fingerprint density at radius 2 is 1.75 bits per heavy atom. The van der Waals surface area contributed by atoms with Crippen LogP contribution < -0.4 is 10.6 Å². The number of esters is 2. The molecule has 0 saturated carbocycles. The van der Waals surface area contributed by atoms with Crippen LogP contribution in [0.15, 0.2) is 67.0 Å². The molecule has 5 nitrogen and oxygen atoms in total. The van der Waals surface area contributed by atoms with Gasteiger partial charge in [-0.2, -0.15) is 0 Å². The molecule has 0 spiro atoms. The highest BCUT2D eigenvalue weighted by Crippen LogP contribution is 2.25. The molecule has 5 heteroatoms. The number of carbonyl (C=O) groups is 2. The van der Waals surface area contributed by atoms with Crippen molar-refractivity contribution in [1.82, 2.24) is 10.6 Å². The molecule has 1 aromatic rings. The van der Waals surface area contributed by atoms with Crippen molar-refractivity contribution in [3.05, 3.63) is 72.6 Å². The summed E-state index contributed by atoms with van der Waals surface area (Å²) in [7, 11) is 0. The van der Waals surface area contributed by atoms with Gasteiger partial charge >= 0.3 is 11.9 Å². The van der Waals surface area contributed by atoms with E-state index in [2.05, 4.69) is 30.4 Å². The van der Waals surface area contributed by atoms with E-state index in [1.165, 1.54) is 0 Å². The van der Waals surface area contributed by atoms with Gasteiger partial charge in [-0.1, -0.05) is 77.3 Å². The number of carbonyl (C=O) groups excluding carboxylic acids is 2. The van der Waals surface area contributed by atoms with E-state index in [0.717, 1.165) is 12.0 Å². The molecule has 0 fully saturated rings. The van der Waals surface area contributed by atoms with Crippen LogP contribution in [0.4, 0.5) is 0 Å². The first-order chi connectivity index (χ1) is 13.1. The fourth-order valence-corrected chi connectivity index (χ4v) is 2.27. The zero-order chi connectivity index (χ0) is 21.3. The first-order valence-electron chi connectivity index (χ1n) is 9.38. The smallest absolute Gasteiger partial charge is 0.340 e. The average Bonchev–Trinajstić information content (AvgIpc) is 2.64. The first kappa shape index (κ1) is 23.2. The maximum atomic E-state index is 12.7. The van der Waals surface area contributed by atoms with Gasteiger partial charge < -0.3 is 15.4 Å². The largest absolute Gasteiger partial charge is 0.391 e. The second kappa shape index (κ2) is 10.5. The maximum Gasteiger partial charge on any atom is 0.340 e. The molecule has 1 aromatic carbocycles. The Hall–Kier alpha value is -2.82. The van der Waals surface area contributed by atoms with Gasteiger partial charge in [0.25, 0.3) is 0 Å². The van der Waals surface area contributed by atoms with Crippen molar-refractivity contribution in [2.45, 2.75) is 46.6 Å². The summed E-state index contributed by atoms with van der Waals surface area (Å²) in [6.07, 6.45) is 0.990. The number of hydrogen-bond donors (Lipinski definition) is 2. The van der Waals surface area contributed by atoms with Crippen LogP contribution >= 0.6 is 0 Å². The van der Waals surface area contributed by atoms with Gasteiger partial charge in [0.15, 0.2) is 6.04 Å². The zero-order valence-electron chi connectivity index (χ0n) is 17.4. The quantitative estimate of drug-likeness (QED) is 0.336. The third-order valence-electron chi connectivity index (χ3n) is 4.54. The van der Waals surface area contributed by atoms with Crippen molar-refractivity contribution in [2.24, 2.45) is 5.41 Å². The van der Waals surface area contributed by atoms with E-state index in [0.29, 0.717) is 23.5 Å². The Kier molecular flexibility index (Phi) is 8.71. The molecule has 1 rings (SSSR count). The SMILES string of the molecule is C=C(CNC(=C)C(=C)C)NC(C(=O)OC(=O)CC(C)(C)CC)c1ccccc1. The lowest BCUT2D eigenvalue weighted by Crippen LogP contribution is -2.34. The molecule has 0 aliphatic heterocycles. The van der Waals surface area contributed by atoms with Gasteiger partial charge in [0.05, 0.1) is 13.0 Å². The van der Waals surface area contributed by atoms with Crippen LogP contribution in [-0.2, 0) is 14.3 Å². The van der Waals surface area contributed by atoms with Crippen molar-refractivity contribution in [2.75, 3.05) is 6.54 Å². The van der Waals surface area contributed by atoms with Crippen LogP contribution in [0.25, 0.3) is 0 Å². The Bertz CT molecular complexity index is 735. The summed E-state index contributed by atoms with van der Waals surface area (Å²) in [6, 6.07) is 8.27. The van der Waals surface area contributed by atoms with E-state index in [4.69, 9.17) is 4.74 Å². The third-order valence-corrected chi connectivity index (χ3v) is 4.54. The van der Waals surface area contributed by atoms with Crippen LogP contribution in [-0.4, -0.2) is 18.5 Å². The van der Waals surface area contributed by atoms with Gasteiger partial charge in [-0.05, 0) is 23.5 Å². The van der Waals surface area contributed by atoms with Crippen molar-refractivity contribution in [3.63, 3.8) is 0 Å². The van der Waals surface area contributed by atoms with E-state index in [1.54, 1.807) is 12.1 Å². The monoisotopic (exact) mass is 384 g/mol. The van der Waals surface area contributed by atoms with Crippen LogP contribution in [0.1, 0.15) is 52.1 Å². The molecule has 152 valence electrons. The van der Waals surface area contributed by atoms with E-state index in [9.17, 15) is 9.59 Å². The molecule has 1 unspecified atom stereocenters. The van der Waals surface area contributed by atoms with E-state index in [-0.39, 0.29) is 11.8 Å². The molecule has 0 heterocycles. The van der Waals surface area contributed by atoms with Crippen LogP contribution in [0, 0.1) is 5.41 Å². The molecule has 0 amide bonds. The molecule has 2 N–H and O–H groups in total. The first-order valence-corrected chi connectivity index (χ1v) is 9.38. The molecule has 0 aliphatic rings. The minimum absolute atomic E-state index is 0.178. The lowest BCUT2D eigenvalue weighted by Gasteiger charge is -2.23. The Labute approximate surface area is 168 Å². The van der Waals surface area contributed by atoms with Gasteiger partial charge in [0, 0.05) is 11.4 Å². The molecule has 0 saturated heterocycles. The molecule has 0 aromatic heterocycles. The van der Waals surface area contributed by atoms with Crippen molar-refractivity contribution >= 4 is 11.9 Å². The van der Waals surface area contributed by atoms with Crippen LogP contribution in [0.5, 0.6) is 0 Å². The molecule has 0 radical (unpaired) electrons. The van der Waals surface area contributed by atoms with Gasteiger partial charge in [-0.25, -0.2) is 4.79 Å². The molecule has 0 bridgehead atoms. The van der Waals surface area contributed by atoms with Crippen LogP contribution in [0.2, 0.25) is 0 Å². The summed E-state index contributed by atoms with van der Waals surface area (Å²) < 4.78 is 5.14. The highest BCUT2D eigenvalue weighted by atomic mass is 16.6.